The van der Waals surface area contributed by atoms with Crippen LogP contribution in [0, 0.1) is 28.6 Å². The predicted octanol–water partition coefficient (Wildman–Crippen LogP) is 1.30. The Bertz CT molecular complexity index is 237. The van der Waals surface area contributed by atoms with E-state index in [9.17, 15) is 0 Å². The number of allylic oxidation sites excluding steroid dienone is 1. The number of hydrogen-bond donors (Lipinski definition) is 2. The van der Waals surface area contributed by atoms with E-state index in [-0.39, 0.29) is 5.92 Å². The predicted molar refractivity (Wildman–Crippen MR) is 47.5 cm³/mol. The van der Waals surface area contributed by atoms with Gasteiger partial charge in [0.1, 0.15) is 0 Å². The molecule has 1 unspecified atom stereocenters. The fraction of sp³-hybridized carbons (Fsp3) is 0.429. The molecule has 0 aliphatic heterocycles. The summed E-state index contributed by atoms with van der Waals surface area (Å²) in [7, 11) is 0. The second-order valence-electron chi connectivity index (χ2n) is 1.94. The van der Waals surface area contributed by atoms with Crippen molar-refractivity contribution in [2.24, 2.45) is 5.92 Å². The lowest BCUT2D eigenvalue weighted by molar-refractivity contribution is 0.454. The largest absolute Gasteiger partial charge is 0.299 e. The maximum absolute atomic E-state index is 8.67. The molecular formula is C7H10N2O3S. The minimum absolute atomic E-state index is 0.160. The third-order valence-electron chi connectivity index (χ3n) is 0.971. The van der Waals surface area contributed by atoms with Crippen LogP contribution < -0.4 is 0 Å². The summed E-state index contributed by atoms with van der Waals surface area (Å²) in [6.07, 6.45) is 2.58. The Morgan fingerprint density at radius 2 is 2.00 bits per heavy atom. The van der Waals surface area contributed by atoms with Gasteiger partial charge in [-0.3, -0.25) is 9.11 Å². The van der Waals surface area contributed by atoms with Gasteiger partial charge in [0, 0.05) is 0 Å². The fourth-order valence-electron chi connectivity index (χ4n) is 0.493. The highest BCUT2D eigenvalue weighted by molar-refractivity contribution is 7.73. The highest BCUT2D eigenvalue weighted by Gasteiger charge is 2.01. The van der Waals surface area contributed by atoms with E-state index in [0.29, 0.717) is 12.8 Å². The van der Waals surface area contributed by atoms with Crippen molar-refractivity contribution in [2.75, 3.05) is 0 Å². The first-order valence-electron chi connectivity index (χ1n) is 3.25. The molecule has 0 amide bonds. The molecule has 72 valence electrons. The number of hydrogen-bond acceptors (Lipinski definition) is 3. The summed E-state index contributed by atoms with van der Waals surface area (Å²) in [4.78, 5) is 0. The van der Waals surface area contributed by atoms with Crippen molar-refractivity contribution in [1.82, 2.24) is 0 Å². The highest BCUT2D eigenvalue weighted by Crippen LogP contribution is 2.05. The first-order chi connectivity index (χ1) is 6.08. The van der Waals surface area contributed by atoms with Crippen LogP contribution >= 0.6 is 0 Å². The summed E-state index contributed by atoms with van der Waals surface area (Å²) in [6.45, 7) is 3.47. The van der Waals surface area contributed by atoms with E-state index in [1.54, 1.807) is 6.08 Å². The first-order valence-corrected chi connectivity index (χ1v) is 4.32. The lowest BCUT2D eigenvalue weighted by Gasteiger charge is -1.95. The van der Waals surface area contributed by atoms with Gasteiger partial charge in [-0.25, -0.2) is 0 Å². The molecule has 0 radical (unpaired) electrons. The van der Waals surface area contributed by atoms with Crippen molar-refractivity contribution in [3.05, 3.63) is 12.7 Å². The maximum atomic E-state index is 8.67. The van der Waals surface area contributed by atoms with Gasteiger partial charge in [-0.05, 0) is 6.42 Å². The molecule has 13 heavy (non-hydrogen) atoms. The SMILES string of the molecule is C=CCC(C#N)CC#N.O=S(O)O. The normalized spacial score (nSPS) is 10.2. The molecule has 0 aliphatic carbocycles. The summed E-state index contributed by atoms with van der Waals surface area (Å²) in [5, 5.41) is 16.5. The minimum atomic E-state index is -2.61. The van der Waals surface area contributed by atoms with Crippen LogP contribution in [0.2, 0.25) is 0 Å². The van der Waals surface area contributed by atoms with Crippen LogP contribution in [0.4, 0.5) is 0 Å². The van der Waals surface area contributed by atoms with Gasteiger partial charge in [0.25, 0.3) is 11.4 Å². The Labute approximate surface area is 79.4 Å². The summed E-state index contributed by atoms with van der Waals surface area (Å²) < 4.78 is 22.8. The van der Waals surface area contributed by atoms with Crippen LogP contribution in [0.3, 0.4) is 0 Å². The Hall–Kier alpha value is -1.21. The van der Waals surface area contributed by atoms with Crippen LogP contribution in [-0.4, -0.2) is 13.3 Å². The van der Waals surface area contributed by atoms with Gasteiger partial charge < -0.3 is 0 Å². The van der Waals surface area contributed by atoms with Crippen LogP contribution in [0.5, 0.6) is 0 Å². The number of nitrogens with zero attached hydrogens (tertiary/aromatic N) is 2. The molecule has 0 bridgehead atoms. The zero-order valence-corrected chi connectivity index (χ0v) is 7.70. The molecule has 1 atom stereocenters. The zero-order valence-electron chi connectivity index (χ0n) is 6.88. The van der Waals surface area contributed by atoms with E-state index < -0.39 is 11.4 Å². The van der Waals surface area contributed by atoms with E-state index in [2.05, 4.69) is 6.58 Å². The van der Waals surface area contributed by atoms with Crippen molar-refractivity contribution in [3.63, 3.8) is 0 Å². The van der Waals surface area contributed by atoms with Crippen molar-refractivity contribution in [3.8, 4) is 12.1 Å². The number of rotatable bonds is 3. The lowest BCUT2D eigenvalue weighted by Crippen LogP contribution is -1.91. The molecule has 0 aromatic rings. The second kappa shape index (κ2) is 10.8. The zero-order chi connectivity index (χ0) is 10.7. The molecule has 0 saturated heterocycles. The molecule has 0 aliphatic rings. The van der Waals surface area contributed by atoms with E-state index in [4.69, 9.17) is 23.8 Å². The van der Waals surface area contributed by atoms with Crippen LogP contribution in [0.15, 0.2) is 12.7 Å². The van der Waals surface area contributed by atoms with Crippen LogP contribution in [-0.2, 0) is 11.4 Å². The molecule has 6 heteroatoms. The molecule has 0 aromatic carbocycles. The van der Waals surface area contributed by atoms with Crippen molar-refractivity contribution in [2.45, 2.75) is 12.8 Å². The minimum Gasteiger partial charge on any atom is -0.284 e. The van der Waals surface area contributed by atoms with Gasteiger partial charge in [-0.15, -0.1) is 6.58 Å². The average molecular weight is 202 g/mol. The van der Waals surface area contributed by atoms with Gasteiger partial charge >= 0.3 is 0 Å². The Morgan fingerprint density at radius 1 is 1.54 bits per heavy atom. The van der Waals surface area contributed by atoms with E-state index in [1.807, 2.05) is 12.1 Å². The fourth-order valence-corrected chi connectivity index (χ4v) is 0.493. The monoisotopic (exact) mass is 202 g/mol. The quantitative estimate of drug-likeness (QED) is 0.530. The summed E-state index contributed by atoms with van der Waals surface area (Å²) in [5.74, 6) is -0.160. The molecule has 0 rings (SSSR count). The lowest BCUT2D eigenvalue weighted by atomic mass is 10.1. The molecule has 5 nitrogen and oxygen atoms in total. The summed E-state index contributed by atoms with van der Waals surface area (Å²) in [5.41, 5.74) is 0. The van der Waals surface area contributed by atoms with Crippen LogP contribution in [0.1, 0.15) is 12.8 Å². The summed E-state index contributed by atoms with van der Waals surface area (Å²) in [6, 6.07) is 3.94. The maximum Gasteiger partial charge on any atom is 0.299 e. The van der Waals surface area contributed by atoms with E-state index in [0.717, 1.165) is 0 Å². The van der Waals surface area contributed by atoms with Crippen LogP contribution in [0.25, 0.3) is 0 Å². The Kier molecular flexibility index (Phi) is 11.9. The van der Waals surface area contributed by atoms with Gasteiger partial charge in [-0.2, -0.15) is 14.7 Å². The third-order valence-corrected chi connectivity index (χ3v) is 0.971. The Morgan fingerprint density at radius 3 is 2.23 bits per heavy atom. The number of nitriles is 2. The third kappa shape index (κ3) is 18.1. The van der Waals surface area contributed by atoms with Crippen molar-refractivity contribution < 1.29 is 13.3 Å². The van der Waals surface area contributed by atoms with Gasteiger partial charge in [0.05, 0.1) is 24.5 Å². The van der Waals surface area contributed by atoms with Gasteiger partial charge in [0.15, 0.2) is 0 Å². The smallest absolute Gasteiger partial charge is 0.284 e. The molecule has 0 aromatic heterocycles. The Balaban J connectivity index is 0. The summed E-state index contributed by atoms with van der Waals surface area (Å²) >= 11 is -2.61. The van der Waals surface area contributed by atoms with E-state index in [1.165, 1.54) is 0 Å². The van der Waals surface area contributed by atoms with Gasteiger partial charge in [0.2, 0.25) is 0 Å². The molecule has 0 saturated carbocycles. The molecule has 0 fully saturated rings. The average Bonchev–Trinajstić information content (AvgIpc) is 2.03. The molecule has 0 heterocycles. The molecule has 0 spiro atoms. The topological polar surface area (TPSA) is 105 Å². The second-order valence-corrected chi connectivity index (χ2v) is 2.40. The van der Waals surface area contributed by atoms with Gasteiger partial charge in [-0.1, -0.05) is 6.08 Å². The standard InChI is InChI=1S/C7H8N2.H2O3S/c1-2-3-7(6-9)4-5-8;1-4(2)3/h2,7H,1,3-4H2;(H2,1,2,3). The molecule has 2 N–H and O–H groups in total. The van der Waals surface area contributed by atoms with E-state index >= 15 is 0 Å². The van der Waals surface area contributed by atoms with Crippen molar-refractivity contribution in [1.29, 1.82) is 10.5 Å². The molecular weight excluding hydrogens is 192 g/mol. The first kappa shape index (κ1) is 14.3. The highest BCUT2D eigenvalue weighted by atomic mass is 32.2. The van der Waals surface area contributed by atoms with Crippen molar-refractivity contribution >= 4 is 11.4 Å².